The summed E-state index contributed by atoms with van der Waals surface area (Å²) in [5.41, 5.74) is 0.553. The van der Waals surface area contributed by atoms with Crippen molar-refractivity contribution >= 4 is 11.6 Å². The van der Waals surface area contributed by atoms with Gasteiger partial charge in [0, 0.05) is 6.54 Å². The highest BCUT2D eigenvalue weighted by Gasteiger charge is 2.13. The lowest BCUT2D eigenvalue weighted by Gasteiger charge is -2.10. The number of hydrogen-bond acceptors (Lipinski definition) is 3. The molecule has 23 heavy (non-hydrogen) atoms. The Morgan fingerprint density at radius 1 is 1.13 bits per heavy atom. The van der Waals surface area contributed by atoms with E-state index in [9.17, 15) is 18.0 Å². The highest BCUT2D eigenvalue weighted by molar-refractivity contribution is 5.80. The van der Waals surface area contributed by atoms with Gasteiger partial charge in [0.25, 0.3) is 0 Å². The summed E-state index contributed by atoms with van der Waals surface area (Å²) < 4.78 is 44.3. The van der Waals surface area contributed by atoms with Gasteiger partial charge in [0.15, 0.2) is 17.5 Å². The molecule has 0 unspecified atom stereocenters. The Hall–Kier alpha value is -2.70. The molecule has 2 rings (SSSR count). The van der Waals surface area contributed by atoms with Crippen molar-refractivity contribution in [3.8, 4) is 5.75 Å². The maximum Gasteiger partial charge on any atom is 0.239 e. The van der Waals surface area contributed by atoms with Crippen LogP contribution in [0.15, 0.2) is 36.4 Å². The Balaban J connectivity index is 1.87. The number of carbonyl (C=O) groups is 1. The van der Waals surface area contributed by atoms with Gasteiger partial charge in [-0.3, -0.25) is 4.79 Å². The lowest BCUT2D eigenvalue weighted by atomic mass is 10.2. The van der Waals surface area contributed by atoms with Gasteiger partial charge < -0.3 is 15.4 Å². The number of anilines is 1. The summed E-state index contributed by atoms with van der Waals surface area (Å²) in [7, 11) is 1.54. The number of nitrogens with one attached hydrogen (secondary N) is 2. The van der Waals surface area contributed by atoms with E-state index in [1.165, 1.54) is 7.11 Å². The molecule has 0 aromatic heterocycles. The predicted octanol–water partition coefficient (Wildman–Crippen LogP) is 2.84. The van der Waals surface area contributed by atoms with Crippen molar-refractivity contribution < 1.29 is 22.7 Å². The minimum atomic E-state index is -1.58. The second kappa shape index (κ2) is 7.53. The fourth-order valence-corrected chi connectivity index (χ4v) is 1.88. The van der Waals surface area contributed by atoms with Crippen LogP contribution in [0.2, 0.25) is 0 Å². The third-order valence-electron chi connectivity index (χ3n) is 3.10. The molecular formula is C16H15F3N2O2. The van der Waals surface area contributed by atoms with Gasteiger partial charge in [-0.05, 0) is 29.8 Å². The fourth-order valence-electron chi connectivity index (χ4n) is 1.88. The van der Waals surface area contributed by atoms with Crippen molar-refractivity contribution in [2.45, 2.75) is 6.54 Å². The first-order valence-electron chi connectivity index (χ1n) is 6.78. The van der Waals surface area contributed by atoms with Crippen LogP contribution in [0.4, 0.5) is 18.9 Å². The van der Waals surface area contributed by atoms with Gasteiger partial charge in [0.1, 0.15) is 5.75 Å². The average molecular weight is 324 g/mol. The Morgan fingerprint density at radius 2 is 1.91 bits per heavy atom. The van der Waals surface area contributed by atoms with E-state index in [-0.39, 0.29) is 18.8 Å². The van der Waals surface area contributed by atoms with Crippen LogP contribution in [0.25, 0.3) is 0 Å². The first-order valence-corrected chi connectivity index (χ1v) is 6.78. The quantitative estimate of drug-likeness (QED) is 0.804. The van der Waals surface area contributed by atoms with Crippen LogP contribution in [-0.4, -0.2) is 19.6 Å². The summed E-state index contributed by atoms with van der Waals surface area (Å²) in [4.78, 5) is 11.7. The lowest BCUT2D eigenvalue weighted by Crippen LogP contribution is -2.29. The van der Waals surface area contributed by atoms with Gasteiger partial charge in [-0.2, -0.15) is 0 Å². The van der Waals surface area contributed by atoms with E-state index in [1.54, 1.807) is 18.2 Å². The molecular weight excluding hydrogens is 309 g/mol. The fraction of sp³-hybridized carbons (Fsp3) is 0.188. The van der Waals surface area contributed by atoms with Crippen LogP contribution in [0, 0.1) is 17.5 Å². The molecule has 0 aliphatic carbocycles. The zero-order chi connectivity index (χ0) is 16.8. The highest BCUT2D eigenvalue weighted by Crippen LogP contribution is 2.19. The molecule has 1 amide bonds. The third-order valence-corrected chi connectivity index (χ3v) is 3.10. The molecule has 0 saturated heterocycles. The summed E-state index contributed by atoms with van der Waals surface area (Å²) in [6.07, 6.45) is 0. The number of carbonyl (C=O) groups excluding carboxylic acids is 1. The Kier molecular flexibility index (Phi) is 5.46. The van der Waals surface area contributed by atoms with E-state index in [1.807, 2.05) is 6.07 Å². The summed E-state index contributed by atoms with van der Waals surface area (Å²) in [5, 5.41) is 5.04. The monoisotopic (exact) mass is 324 g/mol. The van der Waals surface area contributed by atoms with E-state index in [4.69, 9.17) is 4.74 Å². The summed E-state index contributed by atoms with van der Waals surface area (Å²) in [5.74, 6) is -3.97. The van der Waals surface area contributed by atoms with Crippen LogP contribution < -0.4 is 15.4 Å². The molecule has 2 aromatic rings. The van der Waals surface area contributed by atoms with Crippen molar-refractivity contribution in [1.82, 2.24) is 5.32 Å². The molecule has 4 nitrogen and oxygen atoms in total. The van der Waals surface area contributed by atoms with Crippen LogP contribution in [0.1, 0.15) is 5.56 Å². The minimum Gasteiger partial charge on any atom is -0.497 e. The van der Waals surface area contributed by atoms with Crippen molar-refractivity contribution in [1.29, 1.82) is 0 Å². The van der Waals surface area contributed by atoms with Crippen LogP contribution in [-0.2, 0) is 11.3 Å². The zero-order valence-corrected chi connectivity index (χ0v) is 12.3. The molecule has 0 saturated carbocycles. The molecule has 0 atom stereocenters. The van der Waals surface area contributed by atoms with Gasteiger partial charge in [-0.15, -0.1) is 0 Å². The van der Waals surface area contributed by atoms with E-state index in [2.05, 4.69) is 10.6 Å². The molecule has 7 heteroatoms. The van der Waals surface area contributed by atoms with Crippen molar-refractivity contribution in [3.05, 3.63) is 59.4 Å². The van der Waals surface area contributed by atoms with Gasteiger partial charge in [-0.1, -0.05) is 12.1 Å². The average Bonchev–Trinajstić information content (AvgIpc) is 2.57. The molecule has 0 bridgehead atoms. The van der Waals surface area contributed by atoms with Gasteiger partial charge in [-0.25, -0.2) is 13.2 Å². The normalized spacial score (nSPS) is 10.3. The Morgan fingerprint density at radius 3 is 2.65 bits per heavy atom. The lowest BCUT2D eigenvalue weighted by molar-refractivity contribution is -0.119. The zero-order valence-electron chi connectivity index (χ0n) is 12.3. The van der Waals surface area contributed by atoms with Crippen molar-refractivity contribution in [3.63, 3.8) is 0 Å². The van der Waals surface area contributed by atoms with Crippen molar-refractivity contribution in [2.75, 3.05) is 19.0 Å². The standard InChI is InChI=1S/C16H15F3N2O2/c1-23-11-4-2-3-10(7-11)8-21-14(22)9-20-13-6-5-12(17)15(18)16(13)19/h2-7,20H,8-9H2,1H3,(H,21,22). The van der Waals surface area contributed by atoms with E-state index < -0.39 is 23.4 Å². The SMILES string of the molecule is COc1cccc(CNC(=O)CNc2ccc(F)c(F)c2F)c1. The van der Waals surface area contributed by atoms with Gasteiger partial charge >= 0.3 is 0 Å². The molecule has 2 N–H and O–H groups in total. The number of amides is 1. The minimum absolute atomic E-state index is 0.262. The Labute approximate surface area is 131 Å². The number of methoxy groups -OCH3 is 1. The molecule has 0 fully saturated rings. The topological polar surface area (TPSA) is 50.4 Å². The molecule has 0 aliphatic heterocycles. The summed E-state index contributed by atoms with van der Waals surface area (Å²) >= 11 is 0. The maximum absolute atomic E-state index is 13.4. The van der Waals surface area contributed by atoms with Gasteiger partial charge in [0.05, 0.1) is 19.3 Å². The summed E-state index contributed by atoms with van der Waals surface area (Å²) in [6.45, 7) is -0.00998. The first-order chi connectivity index (χ1) is 11.0. The molecule has 0 spiro atoms. The smallest absolute Gasteiger partial charge is 0.239 e. The van der Waals surface area contributed by atoms with Gasteiger partial charge in [0.2, 0.25) is 5.91 Å². The maximum atomic E-state index is 13.4. The second-order valence-corrected chi connectivity index (χ2v) is 4.70. The van der Waals surface area contributed by atoms with Crippen LogP contribution in [0.5, 0.6) is 5.75 Å². The number of ether oxygens (including phenoxy) is 1. The number of halogens is 3. The largest absolute Gasteiger partial charge is 0.497 e. The van der Waals surface area contributed by atoms with Crippen molar-refractivity contribution in [2.24, 2.45) is 0 Å². The molecule has 2 aromatic carbocycles. The van der Waals surface area contributed by atoms with E-state index in [0.29, 0.717) is 5.75 Å². The third kappa shape index (κ3) is 4.38. The number of hydrogen-bond donors (Lipinski definition) is 2. The van der Waals surface area contributed by atoms with E-state index in [0.717, 1.165) is 17.7 Å². The second-order valence-electron chi connectivity index (χ2n) is 4.70. The summed E-state index contributed by atoms with van der Waals surface area (Å²) in [6, 6.07) is 8.96. The van der Waals surface area contributed by atoms with Crippen LogP contribution in [0.3, 0.4) is 0 Å². The first kappa shape index (κ1) is 16.7. The Bertz CT molecular complexity index is 708. The molecule has 0 aliphatic rings. The van der Waals surface area contributed by atoms with E-state index >= 15 is 0 Å². The highest BCUT2D eigenvalue weighted by atomic mass is 19.2. The van der Waals surface area contributed by atoms with Crippen LogP contribution >= 0.6 is 0 Å². The predicted molar refractivity (Wildman–Crippen MR) is 79.6 cm³/mol. The number of rotatable bonds is 6. The molecule has 0 radical (unpaired) electrons. The number of benzene rings is 2. The molecule has 122 valence electrons. The molecule has 0 heterocycles.